The van der Waals surface area contributed by atoms with Gasteiger partial charge in [-0.2, -0.15) is 0 Å². The number of aromatic carboxylic acids is 1. The lowest BCUT2D eigenvalue weighted by Crippen LogP contribution is -2.34. The number of halogens is 2. The number of amides is 1. The number of carboxylic acid groups (broad SMARTS) is 1. The van der Waals surface area contributed by atoms with Gasteiger partial charge in [0.1, 0.15) is 0 Å². The van der Waals surface area contributed by atoms with Crippen molar-refractivity contribution in [2.24, 2.45) is 0 Å². The van der Waals surface area contributed by atoms with Crippen LogP contribution in [0.1, 0.15) is 20.7 Å². The number of carbonyl (C=O) groups is 2. The van der Waals surface area contributed by atoms with Crippen LogP contribution >= 0.6 is 35.0 Å². The quantitative estimate of drug-likeness (QED) is 0.538. The average molecular weight is 402 g/mol. The Kier molecular flexibility index (Phi) is 7.91. The molecular weight excluding hydrogens is 388 g/mol. The van der Waals surface area contributed by atoms with E-state index in [0.29, 0.717) is 3.57 Å². The van der Waals surface area contributed by atoms with Crippen molar-refractivity contribution in [1.82, 2.24) is 5.32 Å². The second-order valence-electron chi connectivity index (χ2n) is 3.52. The van der Waals surface area contributed by atoms with Gasteiger partial charge < -0.3 is 20.6 Å². The van der Waals surface area contributed by atoms with E-state index in [-0.39, 0.29) is 30.1 Å². The molecule has 8 heteroatoms. The zero-order valence-corrected chi connectivity index (χ0v) is 12.6. The fraction of sp³-hybridized carbons (Fsp3) is 0.273. The van der Waals surface area contributed by atoms with Gasteiger partial charge in [-0.15, -0.1) is 12.4 Å². The maximum absolute atomic E-state index is 11.8. The minimum absolute atomic E-state index is 0. The van der Waals surface area contributed by atoms with Gasteiger partial charge in [0, 0.05) is 10.1 Å². The molecule has 0 heterocycles. The molecule has 0 fully saturated rings. The highest BCUT2D eigenvalue weighted by atomic mass is 127. The Morgan fingerprint density at radius 3 is 2.42 bits per heavy atom. The van der Waals surface area contributed by atoms with Crippen LogP contribution in [0.2, 0.25) is 0 Å². The van der Waals surface area contributed by atoms with Crippen molar-refractivity contribution in [1.29, 1.82) is 0 Å². The molecule has 1 aromatic carbocycles. The van der Waals surface area contributed by atoms with Crippen LogP contribution < -0.4 is 5.32 Å². The smallest absolute Gasteiger partial charge is 0.336 e. The molecule has 0 saturated carbocycles. The van der Waals surface area contributed by atoms with Crippen molar-refractivity contribution in [2.75, 3.05) is 13.2 Å². The Hall–Kier alpha value is -0.900. The molecule has 19 heavy (non-hydrogen) atoms. The van der Waals surface area contributed by atoms with E-state index >= 15 is 0 Å². The molecule has 0 bridgehead atoms. The number of rotatable bonds is 5. The number of carbonyl (C=O) groups excluding carboxylic acids is 1. The summed E-state index contributed by atoms with van der Waals surface area (Å²) < 4.78 is 0.332. The van der Waals surface area contributed by atoms with Gasteiger partial charge in [0.25, 0.3) is 5.91 Å². The molecule has 0 saturated heterocycles. The van der Waals surface area contributed by atoms with Gasteiger partial charge >= 0.3 is 5.97 Å². The molecule has 0 aromatic heterocycles. The highest BCUT2D eigenvalue weighted by molar-refractivity contribution is 14.1. The third-order valence-electron chi connectivity index (χ3n) is 2.18. The predicted molar refractivity (Wildman–Crippen MR) is 78.8 cm³/mol. The highest BCUT2D eigenvalue weighted by Crippen LogP contribution is 2.17. The Balaban J connectivity index is 0.00000324. The van der Waals surface area contributed by atoms with E-state index < -0.39 is 24.6 Å². The third kappa shape index (κ3) is 4.94. The largest absolute Gasteiger partial charge is 0.478 e. The van der Waals surface area contributed by atoms with Gasteiger partial charge in [0.2, 0.25) is 0 Å². The van der Waals surface area contributed by atoms with Crippen LogP contribution in [0.5, 0.6) is 0 Å². The summed E-state index contributed by atoms with van der Waals surface area (Å²) in [4.78, 5) is 22.7. The molecule has 106 valence electrons. The van der Waals surface area contributed by atoms with Crippen LogP contribution in [0.3, 0.4) is 0 Å². The normalized spacial score (nSPS) is 11.3. The Morgan fingerprint density at radius 2 is 1.89 bits per heavy atom. The Labute approximate surface area is 129 Å². The summed E-state index contributed by atoms with van der Waals surface area (Å²) in [5.74, 6) is -1.60. The number of hydrogen-bond acceptors (Lipinski definition) is 4. The van der Waals surface area contributed by atoms with E-state index in [1.54, 1.807) is 22.6 Å². The van der Waals surface area contributed by atoms with E-state index in [2.05, 4.69) is 5.32 Å². The summed E-state index contributed by atoms with van der Waals surface area (Å²) in [5.41, 5.74) is 0.270. The van der Waals surface area contributed by atoms with E-state index in [4.69, 9.17) is 15.3 Å². The standard InChI is InChI=1S/C11H12INO5.ClH/c12-9-7(2-1-3-8(9)11(17)18)10(16)13-4-6(15)5-14;/h1-3,6,14-15H,4-5H2,(H,13,16)(H,17,18);1H. The lowest BCUT2D eigenvalue weighted by Gasteiger charge is -2.10. The van der Waals surface area contributed by atoms with Crippen LogP contribution in [-0.2, 0) is 0 Å². The van der Waals surface area contributed by atoms with E-state index in [9.17, 15) is 9.59 Å². The number of aliphatic hydroxyl groups is 2. The molecule has 0 aliphatic heterocycles. The summed E-state index contributed by atoms with van der Waals surface area (Å²) in [6.07, 6.45) is -1.03. The maximum atomic E-state index is 11.8. The molecule has 1 rings (SSSR count). The van der Waals surface area contributed by atoms with Crippen LogP contribution in [0.4, 0.5) is 0 Å². The SMILES string of the molecule is Cl.O=C(O)c1cccc(C(=O)NCC(O)CO)c1I. The van der Waals surface area contributed by atoms with Gasteiger partial charge in [0.05, 0.1) is 23.8 Å². The lowest BCUT2D eigenvalue weighted by molar-refractivity contribution is 0.0695. The lowest BCUT2D eigenvalue weighted by atomic mass is 10.1. The van der Waals surface area contributed by atoms with Gasteiger partial charge in [-0.05, 0) is 34.7 Å². The molecule has 0 aliphatic carbocycles. The molecule has 1 amide bonds. The molecule has 0 radical (unpaired) electrons. The van der Waals surface area contributed by atoms with Crippen LogP contribution in [-0.4, -0.2) is 46.5 Å². The molecule has 0 aliphatic rings. The molecule has 0 spiro atoms. The van der Waals surface area contributed by atoms with E-state index in [1.165, 1.54) is 18.2 Å². The number of hydrogen-bond donors (Lipinski definition) is 4. The zero-order valence-electron chi connectivity index (χ0n) is 9.67. The topological polar surface area (TPSA) is 107 Å². The summed E-state index contributed by atoms with van der Waals surface area (Å²) in [5, 5.41) is 29.0. The van der Waals surface area contributed by atoms with Gasteiger partial charge in [-0.1, -0.05) is 6.07 Å². The Morgan fingerprint density at radius 1 is 1.32 bits per heavy atom. The van der Waals surface area contributed by atoms with Crippen molar-refractivity contribution in [3.63, 3.8) is 0 Å². The van der Waals surface area contributed by atoms with E-state index in [0.717, 1.165) is 0 Å². The first-order valence-electron chi connectivity index (χ1n) is 5.06. The van der Waals surface area contributed by atoms with Crippen LogP contribution in [0.15, 0.2) is 18.2 Å². The number of nitrogens with one attached hydrogen (secondary N) is 1. The van der Waals surface area contributed by atoms with Crippen LogP contribution in [0.25, 0.3) is 0 Å². The molecular formula is C11H13ClINO5. The van der Waals surface area contributed by atoms with Crippen molar-refractivity contribution < 1.29 is 24.9 Å². The minimum Gasteiger partial charge on any atom is -0.478 e. The predicted octanol–water partition coefficient (Wildman–Crippen LogP) is 0.494. The van der Waals surface area contributed by atoms with Gasteiger partial charge in [-0.25, -0.2) is 4.79 Å². The first-order chi connectivity index (χ1) is 8.47. The fourth-order valence-electron chi connectivity index (χ4n) is 1.24. The van der Waals surface area contributed by atoms with Crippen molar-refractivity contribution in [2.45, 2.75) is 6.10 Å². The molecule has 1 atom stereocenters. The van der Waals surface area contributed by atoms with E-state index in [1.807, 2.05) is 0 Å². The van der Waals surface area contributed by atoms with Gasteiger partial charge in [-0.3, -0.25) is 4.79 Å². The van der Waals surface area contributed by atoms with Crippen molar-refractivity contribution in [3.8, 4) is 0 Å². The fourth-order valence-corrected chi connectivity index (χ4v) is 2.08. The number of benzene rings is 1. The molecule has 4 N–H and O–H groups in total. The maximum Gasteiger partial charge on any atom is 0.336 e. The minimum atomic E-state index is -1.11. The second kappa shape index (κ2) is 8.31. The highest BCUT2D eigenvalue weighted by Gasteiger charge is 2.16. The first kappa shape index (κ1) is 18.1. The third-order valence-corrected chi connectivity index (χ3v) is 3.34. The summed E-state index contributed by atoms with van der Waals surface area (Å²) in [6, 6.07) is 4.38. The van der Waals surface area contributed by atoms with Crippen molar-refractivity contribution >= 4 is 46.9 Å². The number of aliphatic hydroxyl groups excluding tert-OH is 2. The zero-order chi connectivity index (χ0) is 13.7. The summed E-state index contributed by atoms with van der Waals surface area (Å²) in [7, 11) is 0. The summed E-state index contributed by atoms with van der Waals surface area (Å²) >= 11 is 1.78. The van der Waals surface area contributed by atoms with Gasteiger partial charge in [0.15, 0.2) is 0 Å². The molecule has 1 aromatic rings. The second-order valence-corrected chi connectivity index (χ2v) is 4.60. The summed E-state index contributed by atoms with van der Waals surface area (Å²) in [6.45, 7) is -0.546. The van der Waals surface area contributed by atoms with Crippen molar-refractivity contribution in [3.05, 3.63) is 32.9 Å². The van der Waals surface area contributed by atoms with Crippen LogP contribution in [0, 0.1) is 3.57 Å². The number of carboxylic acids is 1. The monoisotopic (exact) mass is 401 g/mol. The Bertz CT molecular complexity index is 468. The molecule has 1 unspecified atom stereocenters. The first-order valence-corrected chi connectivity index (χ1v) is 6.14. The molecule has 6 nitrogen and oxygen atoms in total. The average Bonchev–Trinajstić information content (AvgIpc) is 2.35.